The van der Waals surface area contributed by atoms with Gasteiger partial charge in [-0.05, 0) is 55.8 Å². The summed E-state index contributed by atoms with van der Waals surface area (Å²) in [5.41, 5.74) is 4.11. The molecule has 3 aromatic carbocycles. The molecule has 3 aromatic rings. The first kappa shape index (κ1) is 26.8. The molecule has 0 unspecified atom stereocenters. The predicted molar refractivity (Wildman–Crippen MR) is 155 cm³/mol. The molecule has 7 heteroatoms. The molecule has 198 valence electrons. The first-order valence-corrected chi connectivity index (χ1v) is 13.1. The maximum atomic E-state index is 13.5. The van der Waals surface area contributed by atoms with Gasteiger partial charge in [0.2, 0.25) is 5.91 Å². The summed E-state index contributed by atoms with van der Waals surface area (Å²) < 4.78 is 5.55. The molecule has 0 radical (unpaired) electrons. The summed E-state index contributed by atoms with van der Waals surface area (Å²) in [6.45, 7) is 8.34. The molecule has 1 fully saturated rings. The molecule has 0 spiro atoms. The fourth-order valence-electron chi connectivity index (χ4n) is 4.74. The van der Waals surface area contributed by atoms with Gasteiger partial charge in [-0.25, -0.2) is 0 Å². The number of para-hydroxylation sites is 2. The molecular weight excluding hydrogens is 476 g/mol. The van der Waals surface area contributed by atoms with Crippen molar-refractivity contribution in [1.82, 2.24) is 4.90 Å². The van der Waals surface area contributed by atoms with Gasteiger partial charge in [0.05, 0.1) is 18.4 Å². The van der Waals surface area contributed by atoms with Crippen LogP contribution < -0.4 is 19.9 Å². The van der Waals surface area contributed by atoms with Crippen molar-refractivity contribution in [3.63, 3.8) is 0 Å². The lowest BCUT2D eigenvalue weighted by molar-refractivity contribution is -0.111. The van der Waals surface area contributed by atoms with Gasteiger partial charge < -0.3 is 24.8 Å². The third kappa shape index (κ3) is 6.35. The van der Waals surface area contributed by atoms with Gasteiger partial charge in [-0.3, -0.25) is 9.59 Å². The van der Waals surface area contributed by atoms with E-state index in [0.29, 0.717) is 24.3 Å². The van der Waals surface area contributed by atoms with Gasteiger partial charge in [0.1, 0.15) is 5.75 Å². The Hall–Kier alpha value is -4.26. The number of nitrogens with one attached hydrogen (secondary N) is 1. The molecule has 1 saturated heterocycles. The highest BCUT2D eigenvalue weighted by molar-refractivity contribution is 6.05. The van der Waals surface area contributed by atoms with Gasteiger partial charge in [0.25, 0.3) is 5.91 Å². The van der Waals surface area contributed by atoms with Crippen LogP contribution in [-0.4, -0.2) is 63.1 Å². The van der Waals surface area contributed by atoms with Crippen LogP contribution in [0, 0.1) is 0 Å². The molecule has 7 nitrogen and oxygen atoms in total. The Kier molecular flexibility index (Phi) is 9.03. The molecule has 2 amide bonds. The molecule has 4 rings (SSSR count). The Labute approximate surface area is 225 Å². The number of ether oxygens (including phenoxy) is 1. The van der Waals surface area contributed by atoms with Crippen LogP contribution in [-0.2, 0) is 4.79 Å². The van der Waals surface area contributed by atoms with Gasteiger partial charge in [0, 0.05) is 56.7 Å². The summed E-state index contributed by atoms with van der Waals surface area (Å²) in [7, 11) is 1.69. The average Bonchev–Trinajstić information content (AvgIpc) is 2.97. The highest BCUT2D eigenvalue weighted by Gasteiger charge is 2.25. The van der Waals surface area contributed by atoms with E-state index >= 15 is 0 Å². The third-order valence-electron chi connectivity index (χ3n) is 6.82. The van der Waals surface area contributed by atoms with Crippen molar-refractivity contribution < 1.29 is 14.3 Å². The van der Waals surface area contributed by atoms with Gasteiger partial charge in [-0.1, -0.05) is 42.5 Å². The fraction of sp³-hybridized carbons (Fsp3) is 0.290. The highest BCUT2D eigenvalue weighted by Crippen LogP contribution is 2.31. The van der Waals surface area contributed by atoms with Crippen LogP contribution in [0.3, 0.4) is 0 Å². The van der Waals surface area contributed by atoms with E-state index in [0.717, 1.165) is 48.9 Å². The van der Waals surface area contributed by atoms with Crippen LogP contribution in [0.25, 0.3) is 6.08 Å². The van der Waals surface area contributed by atoms with Gasteiger partial charge in [-0.15, -0.1) is 0 Å². The first-order chi connectivity index (χ1) is 18.5. The van der Waals surface area contributed by atoms with Crippen molar-refractivity contribution >= 4 is 35.0 Å². The summed E-state index contributed by atoms with van der Waals surface area (Å²) in [5, 5.41) is 2.92. The zero-order valence-corrected chi connectivity index (χ0v) is 22.4. The molecule has 38 heavy (non-hydrogen) atoms. The van der Waals surface area contributed by atoms with Crippen LogP contribution in [0.4, 0.5) is 17.1 Å². The van der Waals surface area contributed by atoms with Crippen LogP contribution in [0.2, 0.25) is 0 Å². The quantitative estimate of drug-likeness (QED) is 0.402. The topological polar surface area (TPSA) is 65.1 Å². The number of hydrogen-bond donors (Lipinski definition) is 1. The minimum Gasteiger partial charge on any atom is -0.495 e. The van der Waals surface area contributed by atoms with Crippen molar-refractivity contribution in [3.8, 4) is 5.75 Å². The van der Waals surface area contributed by atoms with E-state index in [1.54, 1.807) is 19.3 Å². The number of rotatable bonds is 9. The second-order valence-electron chi connectivity index (χ2n) is 9.09. The monoisotopic (exact) mass is 512 g/mol. The second-order valence-corrected chi connectivity index (χ2v) is 9.09. The van der Waals surface area contributed by atoms with E-state index in [4.69, 9.17) is 4.74 Å². The van der Waals surface area contributed by atoms with E-state index in [1.807, 2.05) is 79.4 Å². The normalized spacial score (nSPS) is 13.4. The third-order valence-corrected chi connectivity index (χ3v) is 6.82. The molecule has 0 bridgehead atoms. The van der Waals surface area contributed by atoms with Crippen LogP contribution in [0.5, 0.6) is 5.75 Å². The SMILES string of the molecule is CCN(CC)C(=O)c1cc(NC(=O)C=Cc2ccccc2)ccc1N1CCN(c2ccccc2OC)CC1. The number of methoxy groups -OCH3 is 1. The molecule has 0 saturated carbocycles. The first-order valence-electron chi connectivity index (χ1n) is 13.1. The molecule has 1 aliphatic rings. The van der Waals surface area contributed by atoms with Crippen molar-refractivity contribution in [3.05, 3.63) is 90.0 Å². The zero-order chi connectivity index (χ0) is 26.9. The van der Waals surface area contributed by atoms with E-state index < -0.39 is 0 Å². The molecule has 0 aromatic heterocycles. The average molecular weight is 513 g/mol. The standard InChI is InChI=1S/C31H36N4O3/c1-4-33(5-2)31(37)26-23-25(32-30(36)18-15-24-11-7-6-8-12-24)16-17-27(26)34-19-21-35(22-20-34)28-13-9-10-14-29(28)38-3/h6-18,23H,4-5,19-22H2,1-3H3,(H,32,36). The second kappa shape index (κ2) is 12.8. The zero-order valence-electron chi connectivity index (χ0n) is 22.4. The Morgan fingerprint density at radius 3 is 2.16 bits per heavy atom. The largest absolute Gasteiger partial charge is 0.495 e. The summed E-state index contributed by atoms with van der Waals surface area (Å²) in [4.78, 5) is 32.5. The summed E-state index contributed by atoms with van der Waals surface area (Å²) in [5.74, 6) is 0.584. The van der Waals surface area contributed by atoms with Crippen molar-refractivity contribution in [2.45, 2.75) is 13.8 Å². The summed E-state index contributed by atoms with van der Waals surface area (Å²) in [6, 6.07) is 23.3. The van der Waals surface area contributed by atoms with Crippen molar-refractivity contribution in [2.75, 3.05) is 61.5 Å². The van der Waals surface area contributed by atoms with Crippen LogP contribution in [0.1, 0.15) is 29.8 Å². The smallest absolute Gasteiger partial charge is 0.256 e. The number of nitrogens with zero attached hydrogens (tertiary/aromatic N) is 3. The van der Waals surface area contributed by atoms with Gasteiger partial charge in [0.15, 0.2) is 0 Å². The van der Waals surface area contributed by atoms with Gasteiger partial charge in [-0.2, -0.15) is 0 Å². The lowest BCUT2D eigenvalue weighted by Gasteiger charge is -2.38. The Morgan fingerprint density at radius 2 is 1.50 bits per heavy atom. The van der Waals surface area contributed by atoms with Crippen LogP contribution >= 0.6 is 0 Å². The predicted octanol–water partition coefficient (Wildman–Crippen LogP) is 5.16. The molecule has 0 atom stereocenters. The Balaban J connectivity index is 1.53. The lowest BCUT2D eigenvalue weighted by Crippen LogP contribution is -2.47. The fourth-order valence-corrected chi connectivity index (χ4v) is 4.74. The van der Waals surface area contributed by atoms with E-state index in [2.05, 4.69) is 21.2 Å². The number of carbonyl (C=O) groups excluding carboxylic acids is 2. The number of benzene rings is 3. The maximum Gasteiger partial charge on any atom is 0.256 e. The minimum absolute atomic E-state index is 0.0342. The minimum atomic E-state index is -0.242. The van der Waals surface area contributed by atoms with Gasteiger partial charge >= 0.3 is 0 Å². The van der Waals surface area contributed by atoms with E-state index in [1.165, 1.54) is 6.08 Å². The number of amides is 2. The number of piperazine rings is 1. The van der Waals surface area contributed by atoms with E-state index in [-0.39, 0.29) is 11.8 Å². The Morgan fingerprint density at radius 1 is 0.868 bits per heavy atom. The van der Waals surface area contributed by atoms with Crippen molar-refractivity contribution in [2.24, 2.45) is 0 Å². The molecule has 1 aliphatic heterocycles. The lowest BCUT2D eigenvalue weighted by atomic mass is 10.1. The molecule has 0 aliphatic carbocycles. The maximum absolute atomic E-state index is 13.5. The van der Waals surface area contributed by atoms with Crippen molar-refractivity contribution in [1.29, 1.82) is 0 Å². The number of hydrogen-bond acceptors (Lipinski definition) is 5. The van der Waals surface area contributed by atoms with Crippen LogP contribution in [0.15, 0.2) is 78.9 Å². The summed E-state index contributed by atoms with van der Waals surface area (Å²) in [6.07, 6.45) is 3.28. The molecule has 1 N–H and O–H groups in total. The highest BCUT2D eigenvalue weighted by atomic mass is 16.5. The van der Waals surface area contributed by atoms with E-state index in [9.17, 15) is 9.59 Å². The Bertz CT molecular complexity index is 1260. The number of carbonyl (C=O) groups is 2. The molecule has 1 heterocycles. The summed E-state index contributed by atoms with van der Waals surface area (Å²) >= 11 is 0. The number of anilines is 3. The molecular formula is C31H36N4O3.